The molecule has 0 amide bonds. The number of fused-ring (bicyclic) bond motifs is 4. The quantitative estimate of drug-likeness (QED) is 0.506. The highest BCUT2D eigenvalue weighted by atomic mass is 16.6. The predicted molar refractivity (Wildman–Crippen MR) is 125 cm³/mol. The zero-order valence-electron chi connectivity index (χ0n) is 21.0. The minimum atomic E-state index is -0.316. The maximum Gasteiger partial charge on any atom is 0.129 e. The van der Waals surface area contributed by atoms with Crippen molar-refractivity contribution in [3.8, 4) is 0 Å². The van der Waals surface area contributed by atoms with Gasteiger partial charge in [0, 0.05) is 12.5 Å². The fourth-order valence-electron chi connectivity index (χ4n) is 10.0. The minimum absolute atomic E-state index is 0.122. The van der Waals surface area contributed by atoms with Crippen molar-refractivity contribution >= 4 is 0 Å². The molecule has 0 radical (unpaired) electrons. The first-order chi connectivity index (χ1) is 14.7. The van der Waals surface area contributed by atoms with E-state index in [1.807, 2.05) is 7.11 Å². The van der Waals surface area contributed by atoms with E-state index in [0.717, 1.165) is 42.9 Å². The van der Waals surface area contributed by atoms with Crippen LogP contribution in [0.2, 0.25) is 0 Å². The minimum Gasteiger partial charge on any atom is -0.390 e. The molecule has 3 heteroatoms. The smallest absolute Gasteiger partial charge is 0.129 e. The van der Waals surface area contributed by atoms with E-state index in [9.17, 15) is 5.11 Å². The summed E-state index contributed by atoms with van der Waals surface area (Å²) in [5, 5.41) is 11.5. The van der Waals surface area contributed by atoms with Crippen LogP contribution in [0.1, 0.15) is 98.8 Å². The number of ether oxygens (including phenoxy) is 2. The molecule has 5 aliphatic rings. The number of hydrogen-bond donors (Lipinski definition) is 1. The van der Waals surface area contributed by atoms with Gasteiger partial charge in [-0.25, -0.2) is 0 Å². The van der Waals surface area contributed by atoms with Crippen LogP contribution in [-0.2, 0) is 9.47 Å². The molecule has 0 bridgehead atoms. The summed E-state index contributed by atoms with van der Waals surface area (Å²) in [6.45, 7) is 12.4. The van der Waals surface area contributed by atoms with Gasteiger partial charge in [0.2, 0.25) is 0 Å². The van der Waals surface area contributed by atoms with E-state index >= 15 is 0 Å². The Bertz CT molecular complexity index is 677. The molecule has 0 unspecified atom stereocenters. The second-order valence-electron chi connectivity index (χ2n) is 13.2. The predicted octanol–water partition coefficient (Wildman–Crippen LogP) is 6.22. The van der Waals surface area contributed by atoms with Crippen molar-refractivity contribution in [2.75, 3.05) is 7.11 Å². The summed E-state index contributed by atoms with van der Waals surface area (Å²) in [4.78, 5) is 0. The molecule has 1 aliphatic heterocycles. The Morgan fingerprint density at radius 1 is 1.00 bits per heavy atom. The lowest BCUT2D eigenvalue weighted by Gasteiger charge is -2.61. The Labute approximate surface area is 191 Å². The number of aliphatic hydroxyl groups excluding tert-OH is 1. The standard InChI is InChI=1S/C28H48O3/c1-17(2)8-7-9-18(3)20-10-11-21-19-16-24(29)28-25(31-28)23(30-6)13-15-27(28,5)22(19)12-14-26(20,21)4/h17-25,29H,7-16H2,1-6H3/t18-,19+,20-,21+,22+,23+,24-,25-,26-,27-,28-/m1/s1. The molecule has 3 nitrogen and oxygen atoms in total. The van der Waals surface area contributed by atoms with Gasteiger partial charge < -0.3 is 14.6 Å². The second kappa shape index (κ2) is 7.70. The van der Waals surface area contributed by atoms with E-state index in [1.54, 1.807) is 0 Å². The van der Waals surface area contributed by atoms with E-state index in [4.69, 9.17) is 9.47 Å². The molecule has 4 aliphatic carbocycles. The van der Waals surface area contributed by atoms with Crippen LogP contribution in [0.3, 0.4) is 0 Å². The molecule has 0 aromatic carbocycles. The normalized spacial score (nSPS) is 54.0. The van der Waals surface area contributed by atoms with Crippen molar-refractivity contribution < 1.29 is 14.6 Å². The van der Waals surface area contributed by atoms with Gasteiger partial charge in [-0.3, -0.25) is 0 Å². The Kier molecular flexibility index (Phi) is 5.63. The molecule has 1 saturated heterocycles. The van der Waals surface area contributed by atoms with Crippen LogP contribution in [0, 0.1) is 46.3 Å². The first kappa shape index (κ1) is 22.7. The monoisotopic (exact) mass is 432 g/mol. The molecule has 1 spiro atoms. The number of rotatable bonds is 6. The zero-order chi connectivity index (χ0) is 22.2. The highest BCUT2D eigenvalue weighted by Crippen LogP contribution is 2.73. The largest absolute Gasteiger partial charge is 0.390 e. The average molecular weight is 433 g/mol. The fraction of sp³-hybridized carbons (Fsp3) is 1.00. The number of epoxide rings is 1. The van der Waals surface area contributed by atoms with E-state index in [1.165, 1.54) is 44.9 Å². The van der Waals surface area contributed by atoms with Gasteiger partial charge >= 0.3 is 0 Å². The van der Waals surface area contributed by atoms with E-state index in [-0.39, 0.29) is 29.3 Å². The van der Waals surface area contributed by atoms with Gasteiger partial charge in [-0.05, 0) is 85.9 Å². The van der Waals surface area contributed by atoms with Crippen LogP contribution in [-0.4, -0.2) is 36.1 Å². The average Bonchev–Trinajstić information content (AvgIpc) is 3.38. The van der Waals surface area contributed by atoms with Crippen molar-refractivity contribution in [2.24, 2.45) is 46.3 Å². The number of aliphatic hydroxyl groups is 1. The molecular formula is C28H48O3. The first-order valence-electron chi connectivity index (χ1n) is 13.6. The Morgan fingerprint density at radius 2 is 1.77 bits per heavy atom. The van der Waals surface area contributed by atoms with Crippen molar-refractivity contribution in [3.05, 3.63) is 0 Å². The van der Waals surface area contributed by atoms with Crippen LogP contribution < -0.4 is 0 Å². The van der Waals surface area contributed by atoms with Crippen LogP contribution in [0.15, 0.2) is 0 Å². The molecule has 1 N–H and O–H groups in total. The molecule has 5 fully saturated rings. The van der Waals surface area contributed by atoms with Gasteiger partial charge in [-0.15, -0.1) is 0 Å². The summed E-state index contributed by atoms with van der Waals surface area (Å²) in [7, 11) is 1.81. The molecule has 0 aromatic heterocycles. The van der Waals surface area contributed by atoms with Crippen LogP contribution in [0.25, 0.3) is 0 Å². The molecule has 0 aromatic rings. The molecule has 4 saturated carbocycles. The summed E-state index contributed by atoms with van der Waals surface area (Å²) in [6.07, 6.45) is 12.9. The molecule has 178 valence electrons. The van der Waals surface area contributed by atoms with Gasteiger partial charge in [0.25, 0.3) is 0 Å². The lowest BCUT2D eigenvalue weighted by Crippen LogP contribution is -2.64. The molecule has 11 atom stereocenters. The number of hydrogen-bond acceptors (Lipinski definition) is 3. The van der Waals surface area contributed by atoms with E-state index < -0.39 is 0 Å². The summed E-state index contributed by atoms with van der Waals surface area (Å²) in [6, 6.07) is 0. The first-order valence-corrected chi connectivity index (χ1v) is 13.6. The van der Waals surface area contributed by atoms with Gasteiger partial charge in [0.05, 0.1) is 12.2 Å². The van der Waals surface area contributed by atoms with Gasteiger partial charge in [-0.1, -0.05) is 53.9 Å². The van der Waals surface area contributed by atoms with E-state index in [0.29, 0.717) is 17.3 Å². The lowest BCUT2D eigenvalue weighted by molar-refractivity contribution is -0.166. The highest BCUT2D eigenvalue weighted by molar-refractivity contribution is 5.27. The van der Waals surface area contributed by atoms with Crippen molar-refractivity contribution in [1.82, 2.24) is 0 Å². The molecular weight excluding hydrogens is 384 g/mol. The van der Waals surface area contributed by atoms with Crippen LogP contribution in [0.5, 0.6) is 0 Å². The Hall–Kier alpha value is -0.120. The van der Waals surface area contributed by atoms with Crippen molar-refractivity contribution in [2.45, 2.75) is 123 Å². The third-order valence-corrected chi connectivity index (χ3v) is 11.6. The van der Waals surface area contributed by atoms with Gasteiger partial charge in [-0.2, -0.15) is 0 Å². The summed E-state index contributed by atoms with van der Waals surface area (Å²) >= 11 is 0. The summed E-state index contributed by atoms with van der Waals surface area (Å²) < 4.78 is 12.2. The van der Waals surface area contributed by atoms with E-state index in [2.05, 4.69) is 34.6 Å². The van der Waals surface area contributed by atoms with Crippen molar-refractivity contribution in [1.29, 1.82) is 0 Å². The van der Waals surface area contributed by atoms with Crippen LogP contribution in [0.4, 0.5) is 0 Å². The van der Waals surface area contributed by atoms with Crippen LogP contribution >= 0.6 is 0 Å². The molecule has 5 rings (SSSR count). The second-order valence-corrected chi connectivity index (χ2v) is 13.2. The number of methoxy groups -OCH3 is 1. The van der Waals surface area contributed by atoms with Crippen molar-refractivity contribution in [3.63, 3.8) is 0 Å². The lowest BCUT2D eigenvalue weighted by atomic mass is 9.43. The maximum absolute atomic E-state index is 11.5. The summed E-state index contributed by atoms with van der Waals surface area (Å²) in [5.41, 5.74) is 0.285. The summed E-state index contributed by atoms with van der Waals surface area (Å²) in [5.74, 6) is 4.74. The highest BCUT2D eigenvalue weighted by Gasteiger charge is 2.79. The maximum atomic E-state index is 11.5. The SMILES string of the molecule is CO[C@H]1CC[C@]2(C)[C@H]3CC[C@]4(C)[C@@H]([C@H](C)CCCC(C)C)CC[C@H]4[C@@H]3C[C@@H](O)[C@]23O[C@H]13. The fourth-order valence-corrected chi connectivity index (χ4v) is 10.0. The zero-order valence-corrected chi connectivity index (χ0v) is 21.0. The third kappa shape index (κ3) is 3.08. The molecule has 1 heterocycles. The Morgan fingerprint density at radius 3 is 2.48 bits per heavy atom. The topological polar surface area (TPSA) is 42.0 Å². The van der Waals surface area contributed by atoms with Gasteiger partial charge in [0.1, 0.15) is 11.7 Å². The Balaban J connectivity index is 1.34. The third-order valence-electron chi connectivity index (χ3n) is 11.6. The van der Waals surface area contributed by atoms with Gasteiger partial charge in [0.15, 0.2) is 0 Å². The molecule has 31 heavy (non-hydrogen) atoms.